The number of hydrogen-bond acceptors (Lipinski definition) is 10. The zero-order valence-electron chi connectivity index (χ0n) is 55.3. The molecule has 0 aliphatic carbocycles. The first-order valence-corrected chi connectivity index (χ1v) is 34.8. The zero-order chi connectivity index (χ0) is 63.9. The number of rotatable bonds is 57. The van der Waals surface area contributed by atoms with Crippen LogP contribution < -0.4 is 5.32 Å². The fourth-order valence-electron chi connectivity index (χ4n) is 9.77. The van der Waals surface area contributed by atoms with Gasteiger partial charge in [0.1, 0.15) is 24.4 Å². The number of nitrogens with one attached hydrogen (secondary N) is 1. The van der Waals surface area contributed by atoms with E-state index in [1.54, 1.807) is 6.08 Å². The number of unbranched alkanes of at least 4 members (excludes halogenated alkanes) is 19. The molecule has 0 aromatic rings. The Kier molecular flexibility index (Phi) is 57.7. The van der Waals surface area contributed by atoms with Gasteiger partial charge in [0.25, 0.3) is 0 Å². The highest BCUT2D eigenvalue weighted by Crippen LogP contribution is 2.26. The molecule has 6 N–H and O–H groups in total. The zero-order valence-corrected chi connectivity index (χ0v) is 55.3. The fraction of sp³-hybridized carbons (Fsp3) is 0.636. The number of ether oxygens (including phenoxy) is 3. The summed E-state index contributed by atoms with van der Waals surface area (Å²) >= 11 is 0. The molecular formula is C77H125NO10. The smallest absolute Gasteiger partial charge is 0.306 e. The van der Waals surface area contributed by atoms with E-state index >= 15 is 0 Å². The Hall–Kier alpha value is -4.72. The highest BCUT2D eigenvalue weighted by molar-refractivity contribution is 5.80. The molecule has 0 bridgehead atoms. The monoisotopic (exact) mass is 1220 g/mol. The van der Waals surface area contributed by atoms with Crippen LogP contribution in [0.3, 0.4) is 0 Å². The molecule has 1 fully saturated rings. The van der Waals surface area contributed by atoms with Crippen LogP contribution in [0, 0.1) is 0 Å². The van der Waals surface area contributed by atoms with Gasteiger partial charge in [-0.25, -0.2) is 0 Å². The molecule has 1 aliphatic heterocycles. The Balaban J connectivity index is 2.64. The molecule has 8 unspecified atom stereocenters. The third kappa shape index (κ3) is 49.1. The second-order valence-electron chi connectivity index (χ2n) is 23.1. The highest BCUT2D eigenvalue weighted by atomic mass is 16.7. The molecule has 11 nitrogen and oxygen atoms in total. The predicted octanol–water partition coefficient (Wildman–Crippen LogP) is 17.9. The number of aliphatic hydroxyl groups excluding tert-OH is 5. The summed E-state index contributed by atoms with van der Waals surface area (Å²) in [5.74, 6) is -1.26. The Labute approximate surface area is 536 Å². The first kappa shape index (κ1) is 81.3. The molecule has 88 heavy (non-hydrogen) atoms. The number of hydrogen-bond donors (Lipinski definition) is 6. The summed E-state index contributed by atoms with van der Waals surface area (Å²) in [6.07, 6.45) is 81.3. The van der Waals surface area contributed by atoms with Crippen LogP contribution >= 0.6 is 0 Å². The summed E-state index contributed by atoms with van der Waals surface area (Å²) in [6, 6.07) is -1.05. The van der Waals surface area contributed by atoms with E-state index in [0.29, 0.717) is 12.8 Å². The average molecular weight is 1220 g/mol. The van der Waals surface area contributed by atoms with E-state index in [2.05, 4.69) is 172 Å². The number of carbonyl (C=O) groups excluding carboxylic acids is 2. The second-order valence-corrected chi connectivity index (χ2v) is 23.1. The van der Waals surface area contributed by atoms with E-state index in [9.17, 15) is 35.1 Å². The minimum Gasteiger partial charge on any atom is -0.454 e. The predicted molar refractivity (Wildman–Crippen MR) is 370 cm³/mol. The van der Waals surface area contributed by atoms with Crippen molar-refractivity contribution in [2.24, 2.45) is 0 Å². The van der Waals surface area contributed by atoms with Crippen LogP contribution in [-0.4, -0.2) is 99.6 Å². The van der Waals surface area contributed by atoms with Gasteiger partial charge in [0, 0.05) is 6.42 Å². The third-order valence-corrected chi connectivity index (χ3v) is 15.2. The maximum atomic E-state index is 13.5. The van der Waals surface area contributed by atoms with Crippen LogP contribution in [-0.2, 0) is 23.8 Å². The molecule has 1 heterocycles. The number of carbonyl (C=O) groups is 2. The lowest BCUT2D eigenvalue weighted by Crippen LogP contribution is -2.61. The first-order valence-electron chi connectivity index (χ1n) is 34.8. The van der Waals surface area contributed by atoms with Crippen LogP contribution in [0.4, 0.5) is 0 Å². The van der Waals surface area contributed by atoms with Crippen LogP contribution in [0.2, 0.25) is 0 Å². The number of amides is 1. The molecule has 11 heteroatoms. The molecule has 1 amide bonds. The maximum Gasteiger partial charge on any atom is 0.306 e. The van der Waals surface area contributed by atoms with Gasteiger partial charge in [-0.15, -0.1) is 0 Å². The topological polar surface area (TPSA) is 175 Å². The molecule has 0 aromatic carbocycles. The molecule has 0 aromatic heterocycles. The summed E-state index contributed by atoms with van der Waals surface area (Å²) in [4.78, 5) is 26.7. The lowest BCUT2D eigenvalue weighted by atomic mass is 9.99. The van der Waals surface area contributed by atoms with Crippen molar-refractivity contribution >= 4 is 11.9 Å². The van der Waals surface area contributed by atoms with Gasteiger partial charge in [0.05, 0.1) is 25.4 Å². The summed E-state index contributed by atoms with van der Waals surface area (Å²) < 4.78 is 17.6. The van der Waals surface area contributed by atoms with Gasteiger partial charge < -0.3 is 45.1 Å². The minimum atomic E-state index is -1.65. The van der Waals surface area contributed by atoms with Crippen molar-refractivity contribution in [2.45, 2.75) is 301 Å². The average Bonchev–Trinajstić information content (AvgIpc) is 1.25. The quantitative estimate of drug-likeness (QED) is 0.0195. The summed E-state index contributed by atoms with van der Waals surface area (Å²) in [5.41, 5.74) is 0. The molecule has 8 atom stereocenters. The van der Waals surface area contributed by atoms with Crippen LogP contribution in [0.1, 0.15) is 252 Å². The van der Waals surface area contributed by atoms with Gasteiger partial charge in [-0.05, 0) is 128 Å². The van der Waals surface area contributed by atoms with Gasteiger partial charge in [0.2, 0.25) is 5.91 Å². The largest absolute Gasteiger partial charge is 0.454 e. The van der Waals surface area contributed by atoms with Gasteiger partial charge in [-0.2, -0.15) is 0 Å². The summed E-state index contributed by atoms with van der Waals surface area (Å²) in [5, 5.41) is 57.2. The lowest BCUT2D eigenvalue weighted by Gasteiger charge is -2.41. The lowest BCUT2D eigenvalue weighted by molar-refractivity contribution is -0.305. The van der Waals surface area contributed by atoms with E-state index < -0.39 is 67.4 Å². The maximum absolute atomic E-state index is 13.5. The van der Waals surface area contributed by atoms with Crippen molar-refractivity contribution < 1.29 is 49.3 Å². The van der Waals surface area contributed by atoms with E-state index in [-0.39, 0.29) is 19.4 Å². The molecular weight excluding hydrogens is 1100 g/mol. The van der Waals surface area contributed by atoms with Gasteiger partial charge in [-0.1, -0.05) is 275 Å². The van der Waals surface area contributed by atoms with Gasteiger partial charge in [0.15, 0.2) is 12.4 Å². The fourth-order valence-corrected chi connectivity index (χ4v) is 9.77. The molecule has 0 saturated carbocycles. The Morgan fingerprint density at radius 3 is 1.23 bits per heavy atom. The SMILES string of the molecule is CC/C=C\C/C=C\C/C=C\C/C=C\C/C=C\C/C=C\CCCCCCCCCC(O)C(=O)NC(COC1OC(CO)C(O)C(O)C1OC(=O)CCCC/C=C\C/C=C\C/C=C\C/C=C\C/C=C\C/C=C\CC)C(O)/C=C/CCCCCCCCCCCC. The van der Waals surface area contributed by atoms with E-state index in [1.165, 1.54) is 44.9 Å². The van der Waals surface area contributed by atoms with Crippen molar-refractivity contribution in [1.82, 2.24) is 5.32 Å². The van der Waals surface area contributed by atoms with Crippen LogP contribution in [0.15, 0.2) is 158 Å². The Bertz CT molecular complexity index is 2040. The van der Waals surface area contributed by atoms with E-state index in [1.807, 2.05) is 6.08 Å². The molecule has 0 spiro atoms. The van der Waals surface area contributed by atoms with Gasteiger partial charge >= 0.3 is 5.97 Å². The molecule has 1 rings (SSSR count). The van der Waals surface area contributed by atoms with Crippen LogP contribution in [0.25, 0.3) is 0 Å². The normalized spacial score (nSPS) is 19.2. The molecule has 498 valence electrons. The molecule has 0 radical (unpaired) electrons. The van der Waals surface area contributed by atoms with Crippen molar-refractivity contribution in [3.05, 3.63) is 158 Å². The van der Waals surface area contributed by atoms with Crippen molar-refractivity contribution in [1.29, 1.82) is 0 Å². The van der Waals surface area contributed by atoms with Crippen molar-refractivity contribution in [3.8, 4) is 0 Å². The standard InChI is InChI=1S/C77H125NO10/c1-4-7-10-13-16-19-22-25-27-29-31-33-34-35-36-37-39-40-42-44-46-49-52-55-58-61-64-70(81)76(85)78-68(69(80)63-60-57-54-51-48-24-21-18-15-12-9-6-3)67-86-77-75(74(84)73(83)71(66-79)87-77)88-72(82)65-62-59-56-53-50-47-45-43-41-38-32-30-28-26-23-20-17-14-11-8-5-2/h7-8,10-11,16-17,19-20,25-28,31-33,35-36,38-40,43,45,50,53,60,63,68-71,73-75,77,79-81,83-84H,4-6,9,12-15,18,21-24,29-30,34,37,41-42,44,46-49,51-52,54-59,61-62,64-67H2,1-3H3,(H,78,85)/b10-7-,11-8-,19-16-,20-17-,27-25-,28-26-,33-31-,36-35-,38-32-,40-39-,45-43-,53-50-,63-60+. The van der Waals surface area contributed by atoms with E-state index in [0.717, 1.165) is 161 Å². The third-order valence-electron chi connectivity index (χ3n) is 15.2. The number of aliphatic hydroxyl groups is 5. The first-order chi connectivity index (χ1) is 43.2. The number of esters is 1. The number of allylic oxidation sites excluding steroid dienone is 25. The van der Waals surface area contributed by atoms with Crippen molar-refractivity contribution in [3.63, 3.8) is 0 Å². The minimum absolute atomic E-state index is 0.0585. The highest BCUT2D eigenvalue weighted by Gasteiger charge is 2.47. The summed E-state index contributed by atoms with van der Waals surface area (Å²) in [7, 11) is 0. The molecule has 1 aliphatic rings. The summed E-state index contributed by atoms with van der Waals surface area (Å²) in [6.45, 7) is 5.53. The Morgan fingerprint density at radius 2 is 0.818 bits per heavy atom. The molecule has 1 saturated heterocycles. The van der Waals surface area contributed by atoms with Crippen LogP contribution in [0.5, 0.6) is 0 Å². The van der Waals surface area contributed by atoms with Gasteiger partial charge in [-0.3, -0.25) is 9.59 Å². The van der Waals surface area contributed by atoms with E-state index in [4.69, 9.17) is 14.2 Å². The Morgan fingerprint density at radius 1 is 0.455 bits per heavy atom. The van der Waals surface area contributed by atoms with Crippen molar-refractivity contribution in [2.75, 3.05) is 13.2 Å². The second kappa shape index (κ2) is 62.5.